The minimum Gasteiger partial charge on any atom is -0.192 e. The van der Waals surface area contributed by atoms with Gasteiger partial charge in [0.15, 0.2) is 0 Å². The zero-order valence-electron chi connectivity index (χ0n) is 17.4. The highest BCUT2D eigenvalue weighted by atomic mass is 28.3. The fraction of sp³-hybridized carbons (Fsp3) is 0.720. The smallest absolute Gasteiger partial charge is 0.0991 e. The van der Waals surface area contributed by atoms with Crippen molar-refractivity contribution in [3.8, 4) is 6.07 Å². The van der Waals surface area contributed by atoms with Crippen LogP contribution in [0.15, 0.2) is 24.3 Å². The number of hydrogen-bond donors (Lipinski definition) is 0. The summed E-state index contributed by atoms with van der Waals surface area (Å²) in [7, 11) is 0.0421. The Labute approximate surface area is 169 Å². The van der Waals surface area contributed by atoms with Crippen LogP contribution < -0.4 is 0 Å². The number of hydrogen-bond acceptors (Lipinski definition) is 1. The summed E-state index contributed by atoms with van der Waals surface area (Å²) in [5, 5.41) is 8.95. The molecule has 0 aromatic heterocycles. The topological polar surface area (TPSA) is 23.8 Å². The molecule has 0 amide bonds. The molecule has 27 heavy (non-hydrogen) atoms. The molecule has 0 N–H and O–H groups in total. The van der Waals surface area contributed by atoms with Crippen LogP contribution in [0.4, 0.5) is 0 Å². The Balaban J connectivity index is 1.31. The van der Waals surface area contributed by atoms with Crippen molar-refractivity contribution >= 4 is 8.80 Å². The van der Waals surface area contributed by atoms with Crippen molar-refractivity contribution < 1.29 is 0 Å². The minimum absolute atomic E-state index is 0.0421. The minimum atomic E-state index is 0.0421. The first kappa shape index (κ1) is 20.7. The third-order valence-electron chi connectivity index (χ3n) is 7.29. The van der Waals surface area contributed by atoms with Crippen molar-refractivity contribution in [1.29, 1.82) is 5.26 Å². The van der Waals surface area contributed by atoms with Gasteiger partial charge in [-0.05, 0) is 61.1 Å². The summed E-state index contributed by atoms with van der Waals surface area (Å²) in [6.45, 7) is 2.33. The molecular formula is C25H38NSi. The monoisotopic (exact) mass is 380 g/mol. The van der Waals surface area contributed by atoms with Gasteiger partial charge in [0, 0.05) is 8.80 Å². The van der Waals surface area contributed by atoms with Gasteiger partial charge < -0.3 is 0 Å². The first-order valence-corrected chi connectivity index (χ1v) is 13.7. The highest BCUT2D eigenvalue weighted by Gasteiger charge is 2.25. The van der Waals surface area contributed by atoms with Crippen LogP contribution in [-0.2, 0) is 0 Å². The van der Waals surface area contributed by atoms with Gasteiger partial charge in [-0.3, -0.25) is 0 Å². The summed E-state index contributed by atoms with van der Waals surface area (Å²) in [5.74, 6) is 2.77. The van der Waals surface area contributed by atoms with Crippen molar-refractivity contribution in [2.45, 2.75) is 102 Å². The molecule has 0 atom stereocenters. The van der Waals surface area contributed by atoms with Gasteiger partial charge in [0.1, 0.15) is 0 Å². The maximum atomic E-state index is 8.95. The Hall–Kier alpha value is -1.07. The summed E-state index contributed by atoms with van der Waals surface area (Å²) >= 11 is 0. The first-order chi connectivity index (χ1) is 13.3. The molecule has 1 heterocycles. The molecule has 1 saturated carbocycles. The molecule has 1 aliphatic carbocycles. The summed E-state index contributed by atoms with van der Waals surface area (Å²) < 4.78 is 0. The van der Waals surface area contributed by atoms with E-state index in [4.69, 9.17) is 5.26 Å². The molecule has 2 heteroatoms. The van der Waals surface area contributed by atoms with Gasteiger partial charge in [-0.2, -0.15) is 5.26 Å². The second kappa shape index (κ2) is 11.1. The van der Waals surface area contributed by atoms with E-state index in [9.17, 15) is 0 Å². The summed E-state index contributed by atoms with van der Waals surface area (Å²) in [6, 6.07) is 15.4. The fourth-order valence-corrected chi connectivity index (χ4v) is 8.47. The fourth-order valence-electron chi connectivity index (χ4n) is 5.34. The molecule has 0 unspecified atom stereocenters. The molecule has 1 saturated heterocycles. The summed E-state index contributed by atoms with van der Waals surface area (Å²) in [6.07, 6.45) is 16.0. The third-order valence-corrected chi connectivity index (χ3v) is 10.3. The second-order valence-electron chi connectivity index (χ2n) is 9.18. The number of nitrogens with zero attached hydrogens (tertiary/aromatic N) is 1. The molecule has 0 spiro atoms. The van der Waals surface area contributed by atoms with E-state index in [1.807, 2.05) is 12.1 Å². The van der Waals surface area contributed by atoms with Gasteiger partial charge in [0.2, 0.25) is 0 Å². The zero-order valence-corrected chi connectivity index (χ0v) is 18.4. The lowest BCUT2D eigenvalue weighted by Gasteiger charge is -2.32. The molecule has 1 radical (unpaired) electrons. The summed E-state index contributed by atoms with van der Waals surface area (Å²) in [5.41, 5.74) is 2.24. The van der Waals surface area contributed by atoms with Crippen LogP contribution in [0.5, 0.6) is 0 Å². The average Bonchev–Trinajstić information content (AvgIpc) is 2.74. The Morgan fingerprint density at radius 2 is 1.52 bits per heavy atom. The van der Waals surface area contributed by atoms with Crippen LogP contribution in [0.25, 0.3) is 0 Å². The average molecular weight is 381 g/mol. The second-order valence-corrected chi connectivity index (χ2v) is 12.2. The third kappa shape index (κ3) is 6.49. The Morgan fingerprint density at radius 1 is 0.889 bits per heavy atom. The molecule has 2 aliphatic rings. The Morgan fingerprint density at radius 3 is 2.11 bits per heavy atom. The van der Waals surface area contributed by atoms with Crippen molar-refractivity contribution in [2.24, 2.45) is 11.8 Å². The van der Waals surface area contributed by atoms with E-state index in [1.54, 1.807) is 31.0 Å². The lowest BCUT2D eigenvalue weighted by atomic mass is 9.76. The van der Waals surface area contributed by atoms with Crippen molar-refractivity contribution in [1.82, 2.24) is 0 Å². The van der Waals surface area contributed by atoms with Crippen LogP contribution in [-0.4, -0.2) is 8.80 Å². The van der Waals surface area contributed by atoms with E-state index in [2.05, 4.69) is 25.1 Å². The molecule has 1 aromatic rings. The highest BCUT2D eigenvalue weighted by Crippen LogP contribution is 2.39. The van der Waals surface area contributed by atoms with Gasteiger partial charge in [-0.1, -0.05) is 82.1 Å². The number of rotatable bonds is 8. The molecule has 1 aromatic carbocycles. The van der Waals surface area contributed by atoms with Crippen molar-refractivity contribution in [2.75, 3.05) is 0 Å². The molecule has 147 valence electrons. The van der Waals surface area contributed by atoms with Crippen LogP contribution in [0.1, 0.15) is 94.6 Å². The lowest BCUT2D eigenvalue weighted by Crippen LogP contribution is -2.22. The number of benzene rings is 1. The zero-order chi connectivity index (χ0) is 18.9. The van der Waals surface area contributed by atoms with Gasteiger partial charge in [-0.25, -0.2) is 0 Å². The molecular weight excluding hydrogens is 342 g/mol. The number of unbranched alkanes of at least 4 members (excludes halogenated alkanes) is 2. The first-order valence-electron chi connectivity index (χ1n) is 11.6. The van der Waals surface area contributed by atoms with Crippen LogP contribution >= 0.6 is 0 Å². The van der Waals surface area contributed by atoms with Crippen LogP contribution in [0, 0.1) is 23.2 Å². The van der Waals surface area contributed by atoms with Crippen molar-refractivity contribution in [3.05, 3.63) is 35.4 Å². The van der Waals surface area contributed by atoms with Crippen LogP contribution in [0.3, 0.4) is 0 Å². The SMILES string of the molecule is CCCCC[Si]1CCC(CCC2CCC(c3ccc(C#N)cc3)CC2)CC1. The van der Waals surface area contributed by atoms with Gasteiger partial charge in [0.25, 0.3) is 0 Å². The van der Waals surface area contributed by atoms with Gasteiger partial charge >= 0.3 is 0 Å². The van der Waals surface area contributed by atoms with Gasteiger partial charge in [-0.15, -0.1) is 0 Å². The predicted molar refractivity (Wildman–Crippen MR) is 118 cm³/mol. The largest absolute Gasteiger partial charge is 0.192 e. The van der Waals surface area contributed by atoms with Crippen LogP contribution in [0.2, 0.25) is 18.1 Å². The quantitative estimate of drug-likeness (QED) is 0.334. The Kier molecular flexibility index (Phi) is 8.46. The standard InChI is InChI=1S/C25H38NSi/c1-2-3-4-17-27-18-15-22(16-19-27)6-5-21-7-11-24(12-8-21)25-13-9-23(20-26)10-14-25/h9-10,13-14,21-22,24H,2-8,11-12,15-19H2,1H3. The lowest BCUT2D eigenvalue weighted by molar-refractivity contribution is 0.280. The molecule has 1 nitrogen and oxygen atoms in total. The van der Waals surface area contributed by atoms with E-state index in [0.717, 1.165) is 23.3 Å². The van der Waals surface area contributed by atoms with Crippen molar-refractivity contribution in [3.63, 3.8) is 0 Å². The maximum absolute atomic E-state index is 8.95. The van der Waals surface area contributed by atoms with E-state index in [1.165, 1.54) is 63.4 Å². The number of nitriles is 1. The predicted octanol–water partition coefficient (Wildman–Crippen LogP) is 7.71. The normalized spacial score (nSPS) is 24.6. The van der Waals surface area contributed by atoms with E-state index >= 15 is 0 Å². The molecule has 0 bridgehead atoms. The Bertz CT molecular complexity index is 571. The maximum Gasteiger partial charge on any atom is 0.0991 e. The molecule has 3 rings (SSSR count). The summed E-state index contributed by atoms with van der Waals surface area (Å²) in [4.78, 5) is 0. The molecule has 2 fully saturated rings. The van der Waals surface area contributed by atoms with E-state index in [0.29, 0.717) is 0 Å². The highest BCUT2D eigenvalue weighted by molar-refractivity contribution is 6.58. The van der Waals surface area contributed by atoms with E-state index in [-0.39, 0.29) is 8.80 Å². The molecule has 1 aliphatic heterocycles. The van der Waals surface area contributed by atoms with Gasteiger partial charge in [0.05, 0.1) is 11.6 Å². The van der Waals surface area contributed by atoms with E-state index < -0.39 is 0 Å².